The Kier molecular flexibility index (Phi) is 7.81. The lowest BCUT2D eigenvalue weighted by molar-refractivity contribution is 0.136. The minimum Gasteiger partial charge on any atom is -0.465 e. The predicted octanol–water partition coefficient (Wildman–Crippen LogP) is 2.53. The zero-order valence-electron chi connectivity index (χ0n) is 8.74. The molecule has 15 heavy (non-hydrogen) atoms. The van der Waals surface area contributed by atoms with E-state index in [9.17, 15) is 9.59 Å². The Morgan fingerprint density at radius 1 is 1.33 bits per heavy atom. The first kappa shape index (κ1) is 14.0. The Bertz CT molecular complexity index is 204. The van der Waals surface area contributed by atoms with Gasteiger partial charge in [-0.2, -0.15) is 0 Å². The fourth-order valence-corrected chi connectivity index (χ4v) is 1.31. The van der Waals surface area contributed by atoms with Crippen molar-refractivity contribution in [1.82, 2.24) is 4.90 Å². The summed E-state index contributed by atoms with van der Waals surface area (Å²) < 4.78 is 4.17. The number of rotatable bonds is 1. The molecule has 1 aliphatic rings. The summed E-state index contributed by atoms with van der Waals surface area (Å²) >= 11 is 4.72. The molecule has 5 nitrogen and oxygen atoms in total. The predicted molar refractivity (Wildman–Crippen MR) is 56.3 cm³/mol. The fourth-order valence-electron chi connectivity index (χ4n) is 1.20. The summed E-state index contributed by atoms with van der Waals surface area (Å²) in [6, 6.07) is 0. The molecule has 0 aromatic heterocycles. The summed E-state index contributed by atoms with van der Waals surface area (Å²) in [4.78, 5) is 21.3. The van der Waals surface area contributed by atoms with Gasteiger partial charge < -0.3 is 14.7 Å². The van der Waals surface area contributed by atoms with Crippen LogP contribution >= 0.6 is 11.6 Å². The van der Waals surface area contributed by atoms with Crippen LogP contribution in [0.2, 0.25) is 0 Å². The number of likely N-dealkylation sites (tertiary alicyclic amines) is 1. The number of carbonyl (C=O) groups is 2. The molecule has 1 amide bonds. The molecule has 0 atom stereocenters. The van der Waals surface area contributed by atoms with Gasteiger partial charge in [-0.1, -0.05) is 0 Å². The molecule has 88 valence electrons. The number of ether oxygens (including phenoxy) is 1. The average molecular weight is 238 g/mol. The number of amides is 1. The largest absolute Gasteiger partial charge is 0.465 e. The highest BCUT2D eigenvalue weighted by Gasteiger charge is 2.13. The number of hydrogen-bond acceptors (Lipinski definition) is 3. The van der Waals surface area contributed by atoms with Crippen LogP contribution in [0, 0.1) is 0 Å². The molecular formula is C9H16ClNO4. The van der Waals surface area contributed by atoms with E-state index in [2.05, 4.69) is 4.74 Å². The molecule has 6 heteroatoms. The molecule has 0 saturated carbocycles. The Hall–Kier alpha value is -0.970. The molecule has 0 aromatic carbocycles. The van der Waals surface area contributed by atoms with E-state index < -0.39 is 11.5 Å². The number of nitrogens with zero attached hydrogens (tertiary/aromatic N) is 1. The van der Waals surface area contributed by atoms with Gasteiger partial charge in [-0.15, -0.1) is 0 Å². The van der Waals surface area contributed by atoms with Crippen molar-refractivity contribution in [2.24, 2.45) is 0 Å². The number of hydrogen-bond donors (Lipinski definition) is 1. The first-order chi connectivity index (χ1) is 7.07. The molecule has 1 aliphatic heterocycles. The van der Waals surface area contributed by atoms with E-state index in [4.69, 9.17) is 16.7 Å². The average Bonchev–Trinajstić information content (AvgIpc) is 2.20. The van der Waals surface area contributed by atoms with Crippen LogP contribution in [0.4, 0.5) is 9.59 Å². The van der Waals surface area contributed by atoms with E-state index >= 15 is 0 Å². The molecule has 0 radical (unpaired) electrons. The van der Waals surface area contributed by atoms with Crippen molar-refractivity contribution < 1.29 is 19.4 Å². The quantitative estimate of drug-likeness (QED) is 0.712. The second-order valence-electron chi connectivity index (χ2n) is 3.00. The normalized spacial score (nSPS) is 14.9. The maximum absolute atomic E-state index is 10.3. The second-order valence-corrected chi connectivity index (χ2v) is 3.31. The third-order valence-corrected chi connectivity index (χ3v) is 1.99. The summed E-state index contributed by atoms with van der Waals surface area (Å²) in [5, 5.41) is 8.46. The van der Waals surface area contributed by atoms with Crippen molar-refractivity contribution in [2.75, 3.05) is 19.7 Å². The zero-order chi connectivity index (χ0) is 11.7. The van der Waals surface area contributed by atoms with Gasteiger partial charge in [0.05, 0.1) is 6.61 Å². The number of halogens is 1. The van der Waals surface area contributed by atoms with Gasteiger partial charge in [0.15, 0.2) is 0 Å². The number of carboxylic acid groups (broad SMARTS) is 1. The standard InChI is InChI=1S/C6H11NO2.C3H5ClO2/c8-6(9)7-4-2-1-3-5-7;1-2-6-3(4)5/h1-5H2,(H,8,9);2H2,1H3. The molecule has 1 heterocycles. The summed E-state index contributed by atoms with van der Waals surface area (Å²) in [6.45, 7) is 3.51. The van der Waals surface area contributed by atoms with E-state index in [0.29, 0.717) is 6.61 Å². The van der Waals surface area contributed by atoms with E-state index in [1.807, 2.05) is 0 Å². The summed E-state index contributed by atoms with van der Waals surface area (Å²) in [7, 11) is 0. The van der Waals surface area contributed by atoms with Crippen molar-refractivity contribution in [2.45, 2.75) is 26.2 Å². The van der Waals surface area contributed by atoms with Crippen LogP contribution in [-0.2, 0) is 4.74 Å². The lowest BCUT2D eigenvalue weighted by atomic mass is 10.1. The summed E-state index contributed by atoms with van der Waals surface area (Å²) in [6.07, 6.45) is 2.48. The zero-order valence-corrected chi connectivity index (χ0v) is 9.50. The highest BCUT2D eigenvalue weighted by Crippen LogP contribution is 2.07. The molecular weight excluding hydrogens is 222 g/mol. The van der Waals surface area contributed by atoms with Crippen LogP contribution in [0.5, 0.6) is 0 Å². The lowest BCUT2D eigenvalue weighted by Gasteiger charge is -2.22. The molecule has 0 spiro atoms. The monoisotopic (exact) mass is 237 g/mol. The molecule has 1 rings (SSSR count). The third kappa shape index (κ3) is 8.05. The smallest absolute Gasteiger partial charge is 0.407 e. The highest BCUT2D eigenvalue weighted by molar-refractivity contribution is 6.61. The maximum atomic E-state index is 10.3. The van der Waals surface area contributed by atoms with E-state index in [0.717, 1.165) is 25.9 Å². The summed E-state index contributed by atoms with van der Waals surface area (Å²) in [5.74, 6) is 0. The van der Waals surface area contributed by atoms with Crippen LogP contribution < -0.4 is 0 Å². The van der Waals surface area contributed by atoms with E-state index in [1.54, 1.807) is 6.92 Å². The molecule has 0 aromatic rings. The van der Waals surface area contributed by atoms with Crippen molar-refractivity contribution in [3.63, 3.8) is 0 Å². The molecule has 0 bridgehead atoms. The topological polar surface area (TPSA) is 66.8 Å². The molecule has 0 unspecified atom stereocenters. The molecule has 0 aliphatic carbocycles. The van der Waals surface area contributed by atoms with Gasteiger partial charge in [-0.3, -0.25) is 0 Å². The molecule has 1 saturated heterocycles. The van der Waals surface area contributed by atoms with E-state index in [1.165, 1.54) is 11.3 Å². The van der Waals surface area contributed by atoms with Crippen LogP contribution in [0.25, 0.3) is 0 Å². The maximum Gasteiger partial charge on any atom is 0.407 e. The van der Waals surface area contributed by atoms with E-state index in [-0.39, 0.29) is 0 Å². The SMILES string of the molecule is CCOC(=O)Cl.O=C(O)N1CCCCC1. The van der Waals surface area contributed by atoms with Gasteiger partial charge in [0.2, 0.25) is 0 Å². The van der Waals surface area contributed by atoms with Gasteiger partial charge in [-0.25, -0.2) is 9.59 Å². The highest BCUT2D eigenvalue weighted by atomic mass is 35.5. The molecule has 1 N–H and O–H groups in total. The van der Waals surface area contributed by atoms with Crippen LogP contribution in [-0.4, -0.2) is 41.2 Å². The van der Waals surface area contributed by atoms with Crippen molar-refractivity contribution >= 4 is 23.1 Å². The van der Waals surface area contributed by atoms with Gasteiger partial charge >= 0.3 is 11.5 Å². The Morgan fingerprint density at radius 3 is 2.07 bits per heavy atom. The minimum atomic E-state index is -0.769. The first-order valence-corrected chi connectivity index (χ1v) is 5.25. The summed E-state index contributed by atoms with van der Waals surface area (Å²) in [5.41, 5.74) is -0.738. The van der Waals surface area contributed by atoms with Gasteiger partial charge in [0.25, 0.3) is 0 Å². The van der Waals surface area contributed by atoms with Gasteiger partial charge in [0, 0.05) is 24.7 Å². The lowest BCUT2D eigenvalue weighted by Crippen LogP contribution is -2.34. The number of piperidine rings is 1. The number of carbonyl (C=O) groups excluding carboxylic acids is 1. The van der Waals surface area contributed by atoms with Gasteiger partial charge in [0.1, 0.15) is 0 Å². The van der Waals surface area contributed by atoms with Crippen molar-refractivity contribution in [3.8, 4) is 0 Å². The first-order valence-electron chi connectivity index (χ1n) is 4.88. The third-order valence-electron chi connectivity index (χ3n) is 1.88. The van der Waals surface area contributed by atoms with Crippen molar-refractivity contribution in [1.29, 1.82) is 0 Å². The molecule has 1 fully saturated rings. The van der Waals surface area contributed by atoms with Crippen LogP contribution in [0.1, 0.15) is 26.2 Å². The van der Waals surface area contributed by atoms with Gasteiger partial charge in [-0.05, 0) is 26.2 Å². The Morgan fingerprint density at radius 2 is 1.87 bits per heavy atom. The Balaban J connectivity index is 0.000000288. The van der Waals surface area contributed by atoms with Crippen molar-refractivity contribution in [3.05, 3.63) is 0 Å². The minimum absolute atomic E-state index is 0.350. The Labute approximate surface area is 94.0 Å². The second kappa shape index (κ2) is 8.35. The van der Waals surface area contributed by atoms with Crippen LogP contribution in [0.3, 0.4) is 0 Å². The fraction of sp³-hybridized carbons (Fsp3) is 0.778. The van der Waals surface area contributed by atoms with Crippen LogP contribution in [0.15, 0.2) is 0 Å².